The van der Waals surface area contributed by atoms with Crippen LogP contribution in [0.25, 0.3) is 16.6 Å². The van der Waals surface area contributed by atoms with Crippen LogP contribution >= 0.6 is 0 Å². The third kappa shape index (κ3) is 3.02. The predicted molar refractivity (Wildman–Crippen MR) is 114 cm³/mol. The molecule has 11 heteroatoms. The lowest BCUT2D eigenvalue weighted by Crippen LogP contribution is -2.41. The molecule has 1 aliphatic carbocycles. The van der Waals surface area contributed by atoms with Crippen molar-refractivity contribution in [3.8, 4) is 0 Å². The maximum absolute atomic E-state index is 15.1. The van der Waals surface area contributed by atoms with Gasteiger partial charge < -0.3 is 10.6 Å². The van der Waals surface area contributed by atoms with Crippen LogP contribution in [0, 0.1) is 11.7 Å². The number of pyridine rings is 1. The standard InChI is InChI=1S/C23H18F4N6O/c24-14-8-16-17(33-10-29-9-18(33)21(28)31-16)7-13(14)22(34)32-5-1-2-11-6-15-12(20(11)32)3-4-19(30-15)23(25,26)27/h3-4,7-11,20H,1-2,5-6H2,(H2,28,31)/t11?,20-/m1/s1. The molecule has 0 bridgehead atoms. The smallest absolute Gasteiger partial charge is 0.382 e. The van der Waals surface area contributed by atoms with Crippen LogP contribution in [0.1, 0.15) is 46.2 Å². The fraction of sp³-hybridized carbons (Fsp3) is 0.304. The third-order valence-corrected chi connectivity index (χ3v) is 6.79. The Hall–Kier alpha value is -3.76. The maximum atomic E-state index is 15.1. The molecule has 2 aliphatic rings. The molecule has 3 aromatic heterocycles. The van der Waals surface area contributed by atoms with Gasteiger partial charge in [-0.15, -0.1) is 0 Å². The fourth-order valence-corrected chi connectivity index (χ4v) is 5.31. The second kappa shape index (κ2) is 7.12. The average Bonchev–Trinajstić information content (AvgIpc) is 3.42. The molecular formula is C23H18F4N6O. The number of imidazole rings is 1. The van der Waals surface area contributed by atoms with Crippen molar-refractivity contribution in [1.82, 2.24) is 24.3 Å². The normalized spacial score (nSPS) is 20.1. The number of benzene rings is 1. The van der Waals surface area contributed by atoms with Crippen LogP contribution in [0.5, 0.6) is 0 Å². The molecule has 4 heterocycles. The Balaban J connectivity index is 1.43. The van der Waals surface area contributed by atoms with E-state index in [0.29, 0.717) is 41.7 Å². The van der Waals surface area contributed by atoms with Gasteiger partial charge in [-0.25, -0.2) is 19.3 Å². The second-order valence-electron chi connectivity index (χ2n) is 8.75. The number of nitrogen functional groups attached to an aromatic ring is 1. The average molecular weight is 470 g/mol. The molecule has 174 valence electrons. The number of piperidine rings is 1. The van der Waals surface area contributed by atoms with Crippen LogP contribution in [0.3, 0.4) is 0 Å². The topological polar surface area (TPSA) is 89.4 Å². The Labute approximate surface area is 190 Å². The molecule has 4 aromatic rings. The van der Waals surface area contributed by atoms with E-state index >= 15 is 4.39 Å². The first-order valence-corrected chi connectivity index (χ1v) is 10.8. The van der Waals surface area contributed by atoms with E-state index < -0.39 is 29.6 Å². The van der Waals surface area contributed by atoms with E-state index in [0.717, 1.165) is 12.5 Å². The number of hydrogen-bond donors (Lipinski definition) is 1. The molecule has 0 spiro atoms. The van der Waals surface area contributed by atoms with Gasteiger partial charge in [0.25, 0.3) is 5.91 Å². The molecule has 1 saturated heterocycles. The molecule has 1 unspecified atom stereocenters. The second-order valence-corrected chi connectivity index (χ2v) is 8.75. The van der Waals surface area contributed by atoms with Crippen LogP contribution < -0.4 is 5.73 Å². The molecule has 1 aromatic carbocycles. The Morgan fingerprint density at radius 1 is 1.15 bits per heavy atom. The van der Waals surface area contributed by atoms with Gasteiger partial charge in [0, 0.05) is 18.3 Å². The Bertz CT molecular complexity index is 1480. The number of carbonyl (C=O) groups is 1. The highest BCUT2D eigenvalue weighted by atomic mass is 19.4. The minimum Gasteiger partial charge on any atom is -0.382 e. The summed E-state index contributed by atoms with van der Waals surface area (Å²) < 4.78 is 56.2. The highest BCUT2D eigenvalue weighted by Crippen LogP contribution is 2.46. The number of alkyl halides is 3. The summed E-state index contributed by atoms with van der Waals surface area (Å²) in [6.07, 6.45) is 0.280. The largest absolute Gasteiger partial charge is 0.433 e. The number of hydrogen-bond acceptors (Lipinski definition) is 5. The summed E-state index contributed by atoms with van der Waals surface area (Å²) in [5.41, 5.74) is 7.08. The van der Waals surface area contributed by atoms with Gasteiger partial charge in [0.2, 0.25) is 0 Å². The van der Waals surface area contributed by atoms with Crippen molar-refractivity contribution in [3.05, 3.63) is 65.1 Å². The quantitative estimate of drug-likeness (QED) is 0.422. The number of carbonyl (C=O) groups excluding carboxylic acids is 1. The van der Waals surface area contributed by atoms with Crippen LogP contribution in [0.2, 0.25) is 0 Å². The summed E-state index contributed by atoms with van der Waals surface area (Å²) >= 11 is 0. The Morgan fingerprint density at radius 2 is 1.97 bits per heavy atom. The molecule has 6 rings (SSSR count). The van der Waals surface area contributed by atoms with Crippen molar-refractivity contribution in [2.24, 2.45) is 5.92 Å². The number of amides is 1. The lowest BCUT2D eigenvalue weighted by molar-refractivity contribution is -0.141. The van der Waals surface area contributed by atoms with Crippen LogP contribution in [-0.4, -0.2) is 36.7 Å². The number of rotatable bonds is 1. The molecule has 0 saturated carbocycles. The van der Waals surface area contributed by atoms with Gasteiger partial charge in [-0.3, -0.25) is 9.20 Å². The van der Waals surface area contributed by atoms with E-state index in [9.17, 15) is 18.0 Å². The summed E-state index contributed by atoms with van der Waals surface area (Å²) in [7, 11) is 0. The van der Waals surface area contributed by atoms with Crippen LogP contribution in [-0.2, 0) is 12.6 Å². The lowest BCUT2D eigenvalue weighted by Gasteiger charge is -2.38. The monoisotopic (exact) mass is 470 g/mol. The number of nitrogens with two attached hydrogens (primary N) is 1. The van der Waals surface area contributed by atoms with Gasteiger partial charge >= 0.3 is 6.18 Å². The summed E-state index contributed by atoms with van der Waals surface area (Å²) in [5.74, 6) is -1.13. The minimum atomic E-state index is -4.54. The zero-order valence-corrected chi connectivity index (χ0v) is 17.7. The van der Waals surface area contributed by atoms with Crippen molar-refractivity contribution in [3.63, 3.8) is 0 Å². The molecule has 1 fully saturated rings. The molecule has 1 amide bonds. The zero-order valence-electron chi connectivity index (χ0n) is 17.7. The van der Waals surface area contributed by atoms with Crippen molar-refractivity contribution in [2.75, 3.05) is 12.3 Å². The summed E-state index contributed by atoms with van der Waals surface area (Å²) in [6, 6.07) is 4.50. The van der Waals surface area contributed by atoms with E-state index in [2.05, 4.69) is 15.0 Å². The van der Waals surface area contributed by atoms with E-state index in [1.54, 1.807) is 9.30 Å². The predicted octanol–water partition coefficient (Wildman–Crippen LogP) is 4.17. The van der Waals surface area contributed by atoms with E-state index in [4.69, 9.17) is 5.73 Å². The molecule has 2 N–H and O–H groups in total. The van der Waals surface area contributed by atoms with Gasteiger partial charge in [-0.2, -0.15) is 13.2 Å². The van der Waals surface area contributed by atoms with Gasteiger partial charge in [-0.05, 0) is 42.9 Å². The van der Waals surface area contributed by atoms with Crippen LogP contribution in [0.15, 0.2) is 36.8 Å². The molecule has 7 nitrogen and oxygen atoms in total. The van der Waals surface area contributed by atoms with Crippen molar-refractivity contribution in [2.45, 2.75) is 31.5 Å². The van der Waals surface area contributed by atoms with Gasteiger partial charge in [-0.1, -0.05) is 6.07 Å². The first kappa shape index (κ1) is 20.8. The van der Waals surface area contributed by atoms with Gasteiger partial charge in [0.1, 0.15) is 22.8 Å². The van der Waals surface area contributed by atoms with Crippen LogP contribution in [0.4, 0.5) is 23.4 Å². The van der Waals surface area contributed by atoms with Crippen molar-refractivity contribution >= 4 is 28.3 Å². The van der Waals surface area contributed by atoms with Crippen molar-refractivity contribution < 1.29 is 22.4 Å². The van der Waals surface area contributed by atoms with Gasteiger partial charge in [0.05, 0.1) is 35.2 Å². The van der Waals surface area contributed by atoms with Gasteiger partial charge in [0.15, 0.2) is 0 Å². The summed E-state index contributed by atoms with van der Waals surface area (Å²) in [4.78, 5) is 27.3. The highest BCUT2D eigenvalue weighted by molar-refractivity contribution is 5.99. The maximum Gasteiger partial charge on any atom is 0.433 e. The Kier molecular flexibility index (Phi) is 4.36. The number of halogens is 4. The van der Waals surface area contributed by atoms with E-state index in [1.807, 2.05) is 0 Å². The molecular weight excluding hydrogens is 452 g/mol. The lowest BCUT2D eigenvalue weighted by atomic mass is 9.89. The number of aromatic nitrogens is 4. The fourth-order valence-electron chi connectivity index (χ4n) is 5.31. The number of nitrogens with zero attached hydrogens (tertiary/aromatic N) is 5. The third-order valence-electron chi connectivity index (χ3n) is 6.79. The minimum absolute atomic E-state index is 0.0611. The van der Waals surface area contributed by atoms with E-state index in [1.165, 1.54) is 30.7 Å². The molecule has 2 atom stereocenters. The first-order chi connectivity index (χ1) is 16.2. The van der Waals surface area contributed by atoms with Crippen molar-refractivity contribution in [1.29, 1.82) is 0 Å². The highest BCUT2D eigenvalue weighted by Gasteiger charge is 2.44. The molecule has 34 heavy (non-hydrogen) atoms. The van der Waals surface area contributed by atoms with E-state index in [-0.39, 0.29) is 22.8 Å². The number of anilines is 1. The molecule has 1 aliphatic heterocycles. The summed E-state index contributed by atoms with van der Waals surface area (Å²) in [5, 5.41) is 0. The molecule has 0 radical (unpaired) electrons. The first-order valence-electron chi connectivity index (χ1n) is 10.8. The SMILES string of the molecule is Nc1nc2cc(F)c(C(=O)N3CCCC4Cc5nc(C(F)(F)F)ccc5[C@@H]43)cc2n2cncc12. The number of likely N-dealkylation sites (tertiary alicyclic amines) is 1. The summed E-state index contributed by atoms with van der Waals surface area (Å²) in [6.45, 7) is 0.373. The Morgan fingerprint density at radius 3 is 2.76 bits per heavy atom. The number of fused-ring (bicyclic) bond motifs is 6. The zero-order chi connectivity index (χ0) is 23.8.